The monoisotopic (exact) mass is 629 g/mol. The van der Waals surface area contributed by atoms with Gasteiger partial charge < -0.3 is 15.0 Å². The van der Waals surface area contributed by atoms with Crippen LogP contribution in [-0.4, -0.2) is 34.6 Å². The van der Waals surface area contributed by atoms with Crippen LogP contribution >= 0.6 is 23.1 Å². The Morgan fingerprint density at radius 3 is 2.47 bits per heavy atom. The number of benzene rings is 3. The summed E-state index contributed by atoms with van der Waals surface area (Å²) in [6.07, 6.45) is -4.66. The van der Waals surface area contributed by atoms with Crippen LogP contribution in [-0.2, 0) is 20.6 Å². The Morgan fingerprint density at radius 2 is 1.72 bits per heavy atom. The molecule has 2 aliphatic heterocycles. The molecule has 0 unspecified atom stereocenters. The van der Waals surface area contributed by atoms with Gasteiger partial charge in [0.1, 0.15) is 16.8 Å². The van der Waals surface area contributed by atoms with Gasteiger partial charge in [-0.1, -0.05) is 47.4 Å². The number of hydrogen-bond donors (Lipinski definition) is 2. The molecule has 0 radical (unpaired) electrons. The molecule has 1 saturated heterocycles. The van der Waals surface area contributed by atoms with E-state index in [9.17, 15) is 36.7 Å². The van der Waals surface area contributed by atoms with E-state index in [1.165, 1.54) is 30.3 Å². The van der Waals surface area contributed by atoms with Crippen molar-refractivity contribution in [1.82, 2.24) is 4.98 Å². The highest BCUT2D eigenvalue weighted by atomic mass is 32.2. The molecule has 14 heteroatoms. The molecule has 1 fully saturated rings. The third-order valence-corrected chi connectivity index (χ3v) is 9.40. The second kappa shape index (κ2) is 11.0. The van der Waals surface area contributed by atoms with Gasteiger partial charge in [0.15, 0.2) is 6.61 Å². The number of H-pyrrole nitrogens is 1. The van der Waals surface area contributed by atoms with Gasteiger partial charge in [0.2, 0.25) is 11.8 Å². The van der Waals surface area contributed by atoms with Gasteiger partial charge in [-0.2, -0.15) is 13.2 Å². The van der Waals surface area contributed by atoms with Crippen molar-refractivity contribution in [3.05, 3.63) is 104 Å². The van der Waals surface area contributed by atoms with Crippen molar-refractivity contribution < 1.29 is 36.7 Å². The smallest absolute Gasteiger partial charge is 0.418 e. The molecule has 1 aromatic heterocycles. The van der Waals surface area contributed by atoms with Crippen LogP contribution in [0.5, 0.6) is 5.75 Å². The van der Waals surface area contributed by atoms with Crippen LogP contribution < -0.4 is 19.8 Å². The van der Waals surface area contributed by atoms with Gasteiger partial charge in [0.05, 0.1) is 27.9 Å². The first-order valence-electron chi connectivity index (χ1n) is 12.7. The Kier molecular flexibility index (Phi) is 7.34. The summed E-state index contributed by atoms with van der Waals surface area (Å²) < 4.78 is 59.0. The molecule has 2 aliphatic rings. The Morgan fingerprint density at radius 1 is 0.977 bits per heavy atom. The van der Waals surface area contributed by atoms with Gasteiger partial charge in [0.25, 0.3) is 5.91 Å². The number of para-hydroxylation sites is 1. The standard InChI is InChI=1S/C29H19F4N3O5S2/c30-15-8-10-16(11-9-15)36-26(38)22-21(23-25(35-28(40)43-23)42-24(22)27(36)39)14-4-3-5-17(12-14)41-13-20(37)34-19-7-2-1-6-18(19)29(31,32)33/h1-12,21-22,24H,13H2,(H,34,37)(H,35,40)/t21-,22-,24+/m0/s1. The number of anilines is 2. The fraction of sp³-hybridized carbons (Fsp3) is 0.172. The van der Waals surface area contributed by atoms with Gasteiger partial charge in [0, 0.05) is 10.8 Å². The second-order valence-electron chi connectivity index (χ2n) is 9.69. The number of imide groups is 1. The first kappa shape index (κ1) is 28.7. The third kappa shape index (κ3) is 5.43. The van der Waals surface area contributed by atoms with E-state index in [2.05, 4.69) is 10.3 Å². The Bertz CT molecular complexity index is 1800. The van der Waals surface area contributed by atoms with Gasteiger partial charge in [-0.25, -0.2) is 9.29 Å². The molecule has 0 saturated carbocycles. The number of aromatic nitrogens is 1. The molecule has 3 atom stereocenters. The maximum absolute atomic E-state index is 13.8. The van der Waals surface area contributed by atoms with E-state index >= 15 is 0 Å². The molecule has 43 heavy (non-hydrogen) atoms. The Balaban J connectivity index is 1.27. The second-order valence-corrected chi connectivity index (χ2v) is 11.9. The van der Waals surface area contributed by atoms with Crippen molar-refractivity contribution >= 4 is 52.2 Å². The summed E-state index contributed by atoms with van der Waals surface area (Å²) in [4.78, 5) is 56.0. The Hall–Kier alpha value is -4.43. The zero-order valence-corrected chi connectivity index (χ0v) is 23.3. The molecule has 3 aromatic carbocycles. The van der Waals surface area contributed by atoms with Crippen LogP contribution in [0, 0.1) is 11.7 Å². The number of fused-ring (bicyclic) bond motifs is 2. The highest BCUT2D eigenvalue weighted by Crippen LogP contribution is 2.53. The predicted molar refractivity (Wildman–Crippen MR) is 151 cm³/mol. The summed E-state index contributed by atoms with van der Waals surface area (Å²) in [6.45, 7) is -0.610. The Labute approximate surface area is 248 Å². The molecule has 0 bridgehead atoms. The molecule has 8 nitrogen and oxygen atoms in total. The van der Waals surface area contributed by atoms with Gasteiger partial charge in [-0.3, -0.25) is 19.2 Å². The number of nitrogens with one attached hydrogen (secondary N) is 2. The van der Waals surface area contributed by atoms with E-state index < -0.39 is 64.7 Å². The largest absolute Gasteiger partial charge is 0.484 e. The number of carbonyl (C=O) groups is 3. The minimum atomic E-state index is -4.66. The number of thioether (sulfide) groups is 1. The minimum Gasteiger partial charge on any atom is -0.484 e. The van der Waals surface area contributed by atoms with E-state index in [-0.39, 0.29) is 16.3 Å². The summed E-state index contributed by atoms with van der Waals surface area (Å²) in [5.74, 6) is -3.82. The topological polar surface area (TPSA) is 109 Å². The van der Waals surface area contributed by atoms with Gasteiger partial charge >= 0.3 is 11.0 Å². The lowest BCUT2D eigenvalue weighted by Gasteiger charge is -2.30. The number of nitrogens with zero attached hydrogens (tertiary/aromatic N) is 1. The predicted octanol–water partition coefficient (Wildman–Crippen LogP) is 5.41. The van der Waals surface area contributed by atoms with E-state index in [0.29, 0.717) is 15.5 Å². The average molecular weight is 630 g/mol. The summed E-state index contributed by atoms with van der Waals surface area (Å²) in [7, 11) is 0. The number of rotatable bonds is 6. The van der Waals surface area contributed by atoms with Crippen LogP contribution in [0.3, 0.4) is 0 Å². The lowest BCUT2D eigenvalue weighted by atomic mass is 9.83. The highest BCUT2D eigenvalue weighted by molar-refractivity contribution is 8.00. The molecule has 3 amide bonds. The zero-order valence-electron chi connectivity index (χ0n) is 21.7. The molecule has 0 aliphatic carbocycles. The minimum absolute atomic E-state index is 0.183. The SMILES string of the molecule is O=C(COc1cccc([C@@H]2c3sc(=O)[nH]c3S[C@H]3C(=O)N(c4ccc(F)cc4)C(=O)[C@@H]23)c1)Nc1ccccc1C(F)(F)F. The fourth-order valence-corrected chi connectivity index (χ4v) is 7.71. The number of ether oxygens (including phenoxy) is 1. The summed E-state index contributed by atoms with van der Waals surface area (Å²) >= 11 is 2.00. The first-order chi connectivity index (χ1) is 20.5. The summed E-state index contributed by atoms with van der Waals surface area (Å²) in [5.41, 5.74) is -0.665. The molecule has 6 rings (SSSR count). The van der Waals surface area contributed by atoms with Crippen LogP contribution in [0.4, 0.5) is 28.9 Å². The zero-order chi connectivity index (χ0) is 30.5. The lowest BCUT2D eigenvalue weighted by molar-refractivity contribution is -0.137. The number of halogens is 4. The van der Waals surface area contributed by atoms with Crippen LogP contribution in [0.1, 0.15) is 21.9 Å². The van der Waals surface area contributed by atoms with Gasteiger partial charge in [-0.05, 0) is 54.1 Å². The maximum atomic E-state index is 13.8. The van der Waals surface area contributed by atoms with E-state index in [1.807, 2.05) is 0 Å². The highest BCUT2D eigenvalue weighted by Gasteiger charge is 2.56. The number of amides is 3. The quantitative estimate of drug-likeness (QED) is 0.218. The molecule has 3 heterocycles. The fourth-order valence-electron chi connectivity index (χ4n) is 5.19. The van der Waals surface area contributed by atoms with E-state index in [0.717, 1.165) is 52.3 Å². The first-order valence-corrected chi connectivity index (χ1v) is 14.4. The van der Waals surface area contributed by atoms with Crippen LogP contribution in [0.25, 0.3) is 0 Å². The summed E-state index contributed by atoms with van der Waals surface area (Å²) in [6, 6.07) is 15.9. The number of alkyl halides is 3. The van der Waals surface area contributed by atoms with Crippen LogP contribution in [0.15, 0.2) is 82.6 Å². The molecular formula is C29H19F4N3O5S2. The molecule has 0 spiro atoms. The number of hydrogen-bond acceptors (Lipinski definition) is 7. The van der Waals surface area contributed by atoms with Gasteiger partial charge in [-0.15, -0.1) is 0 Å². The van der Waals surface area contributed by atoms with E-state index in [4.69, 9.17) is 4.74 Å². The van der Waals surface area contributed by atoms with Crippen molar-refractivity contribution in [2.75, 3.05) is 16.8 Å². The maximum Gasteiger partial charge on any atom is 0.418 e. The van der Waals surface area contributed by atoms with Crippen molar-refractivity contribution in [2.45, 2.75) is 22.4 Å². The average Bonchev–Trinajstić information content (AvgIpc) is 3.46. The van der Waals surface area contributed by atoms with Crippen molar-refractivity contribution in [1.29, 1.82) is 0 Å². The van der Waals surface area contributed by atoms with Crippen molar-refractivity contribution in [2.24, 2.45) is 5.92 Å². The number of thiazole rings is 1. The van der Waals surface area contributed by atoms with Crippen LogP contribution in [0.2, 0.25) is 0 Å². The summed E-state index contributed by atoms with van der Waals surface area (Å²) in [5, 5.41) is 1.80. The number of aromatic amines is 1. The molecule has 220 valence electrons. The van der Waals surface area contributed by atoms with Crippen molar-refractivity contribution in [3.8, 4) is 5.75 Å². The number of carbonyl (C=O) groups excluding carboxylic acids is 3. The lowest BCUT2D eigenvalue weighted by Crippen LogP contribution is -2.32. The normalized spacial score (nSPS) is 19.6. The van der Waals surface area contributed by atoms with E-state index in [1.54, 1.807) is 18.2 Å². The van der Waals surface area contributed by atoms with Crippen molar-refractivity contribution in [3.63, 3.8) is 0 Å². The molecular weight excluding hydrogens is 610 g/mol. The third-order valence-electron chi connectivity index (χ3n) is 7.00. The molecule has 2 N–H and O–H groups in total. The molecule has 4 aromatic rings.